The van der Waals surface area contributed by atoms with Gasteiger partial charge in [-0.3, -0.25) is 4.79 Å². The largest absolute Gasteiger partial charge is 0.454 e. The molecule has 7 heteroatoms. The number of carbonyl (C=O) groups is 1. The summed E-state index contributed by atoms with van der Waals surface area (Å²) in [6.45, 7) is 2.21. The average molecular weight is 339 g/mol. The van der Waals surface area contributed by atoms with E-state index in [0.717, 1.165) is 22.7 Å². The first-order chi connectivity index (χ1) is 11.7. The molecule has 0 bridgehead atoms. The van der Waals surface area contributed by atoms with Gasteiger partial charge in [-0.2, -0.15) is 0 Å². The molecule has 0 aliphatic carbocycles. The maximum Gasteiger partial charge on any atom is 0.269 e. The van der Waals surface area contributed by atoms with Gasteiger partial charge in [0.15, 0.2) is 11.5 Å². The Kier molecular flexibility index (Phi) is 3.62. The van der Waals surface area contributed by atoms with Crippen molar-refractivity contribution in [3.63, 3.8) is 0 Å². The van der Waals surface area contributed by atoms with Gasteiger partial charge in [0.25, 0.3) is 5.91 Å². The van der Waals surface area contributed by atoms with E-state index >= 15 is 0 Å². The highest BCUT2D eigenvalue weighted by Crippen LogP contribution is 2.34. The van der Waals surface area contributed by atoms with Gasteiger partial charge in [0.1, 0.15) is 10.6 Å². The third-order valence-electron chi connectivity index (χ3n) is 3.65. The minimum absolute atomic E-state index is 0.197. The molecule has 0 saturated carbocycles. The highest BCUT2D eigenvalue weighted by atomic mass is 32.1. The van der Waals surface area contributed by atoms with E-state index in [1.165, 1.54) is 0 Å². The van der Waals surface area contributed by atoms with Crippen LogP contribution in [0.3, 0.4) is 0 Å². The zero-order chi connectivity index (χ0) is 16.5. The van der Waals surface area contributed by atoms with Crippen molar-refractivity contribution in [1.82, 2.24) is 9.59 Å². The lowest BCUT2D eigenvalue weighted by atomic mass is 10.1. The Balaban J connectivity index is 1.59. The molecule has 1 amide bonds. The van der Waals surface area contributed by atoms with E-state index in [0.29, 0.717) is 27.8 Å². The number of hydrogen-bond donors (Lipinski definition) is 1. The minimum Gasteiger partial charge on any atom is -0.454 e. The number of rotatable bonds is 3. The van der Waals surface area contributed by atoms with Crippen LogP contribution in [0.25, 0.3) is 11.3 Å². The van der Waals surface area contributed by atoms with Crippen molar-refractivity contribution >= 4 is 23.1 Å². The first kappa shape index (κ1) is 14.6. The third kappa shape index (κ3) is 2.69. The monoisotopic (exact) mass is 339 g/mol. The smallest absolute Gasteiger partial charge is 0.269 e. The fraction of sp³-hybridized carbons (Fsp3) is 0.118. The Labute approximate surface area is 142 Å². The van der Waals surface area contributed by atoms with E-state index in [2.05, 4.69) is 14.9 Å². The lowest BCUT2D eigenvalue weighted by molar-refractivity contribution is 0.103. The van der Waals surface area contributed by atoms with Crippen LogP contribution < -0.4 is 14.8 Å². The van der Waals surface area contributed by atoms with Gasteiger partial charge in [0, 0.05) is 17.3 Å². The van der Waals surface area contributed by atoms with Crippen molar-refractivity contribution in [3.05, 3.63) is 52.9 Å². The van der Waals surface area contributed by atoms with Crippen molar-refractivity contribution in [3.8, 4) is 22.8 Å². The second-order valence-corrected chi connectivity index (χ2v) is 6.09. The summed E-state index contributed by atoms with van der Waals surface area (Å²) in [5, 5.41) is 6.95. The van der Waals surface area contributed by atoms with Crippen LogP contribution in [0.4, 0.5) is 5.69 Å². The molecule has 0 spiro atoms. The van der Waals surface area contributed by atoms with Gasteiger partial charge in [-0.25, -0.2) is 0 Å². The summed E-state index contributed by atoms with van der Waals surface area (Å²) in [7, 11) is 0. The Morgan fingerprint density at radius 1 is 1.12 bits per heavy atom. The van der Waals surface area contributed by atoms with E-state index in [1.807, 2.05) is 31.2 Å². The lowest BCUT2D eigenvalue weighted by Crippen LogP contribution is -2.11. The molecule has 24 heavy (non-hydrogen) atoms. The molecule has 0 saturated heterocycles. The van der Waals surface area contributed by atoms with Gasteiger partial charge in [-0.1, -0.05) is 34.3 Å². The van der Waals surface area contributed by atoms with Gasteiger partial charge in [-0.05, 0) is 30.6 Å². The highest BCUT2D eigenvalue weighted by molar-refractivity contribution is 7.08. The fourth-order valence-corrected chi connectivity index (χ4v) is 2.99. The maximum absolute atomic E-state index is 12.6. The van der Waals surface area contributed by atoms with Gasteiger partial charge in [-0.15, -0.1) is 5.10 Å². The van der Waals surface area contributed by atoms with E-state index < -0.39 is 0 Å². The molecular weight excluding hydrogens is 326 g/mol. The molecule has 2 heterocycles. The van der Waals surface area contributed by atoms with Crippen LogP contribution in [0.5, 0.6) is 11.5 Å². The molecule has 120 valence electrons. The summed E-state index contributed by atoms with van der Waals surface area (Å²) >= 11 is 1.07. The molecule has 1 N–H and O–H groups in total. The van der Waals surface area contributed by atoms with Crippen molar-refractivity contribution in [2.75, 3.05) is 12.1 Å². The van der Waals surface area contributed by atoms with Crippen LogP contribution in [0, 0.1) is 6.92 Å². The molecule has 0 unspecified atom stereocenters. The molecule has 0 fully saturated rings. The van der Waals surface area contributed by atoms with Crippen molar-refractivity contribution in [1.29, 1.82) is 0 Å². The van der Waals surface area contributed by atoms with Crippen LogP contribution in [0.1, 0.15) is 15.2 Å². The molecule has 1 aliphatic rings. The van der Waals surface area contributed by atoms with Crippen LogP contribution in [0.2, 0.25) is 0 Å². The summed E-state index contributed by atoms with van der Waals surface area (Å²) in [4.78, 5) is 13.1. The number of carbonyl (C=O) groups excluding carboxylic acids is 1. The SMILES string of the molecule is Cc1ccc(-c2nnsc2C(=O)Nc2ccc3c(c2)OCO3)cc1. The Hall–Kier alpha value is -2.93. The molecule has 1 aliphatic heterocycles. The first-order valence-electron chi connectivity index (χ1n) is 7.31. The van der Waals surface area contributed by atoms with Crippen molar-refractivity contribution in [2.24, 2.45) is 0 Å². The van der Waals surface area contributed by atoms with Gasteiger partial charge < -0.3 is 14.8 Å². The minimum atomic E-state index is -0.251. The Bertz CT molecular complexity index is 906. The second-order valence-electron chi connectivity index (χ2n) is 5.34. The second kappa shape index (κ2) is 5.93. The van der Waals surface area contributed by atoms with Crippen molar-refractivity contribution < 1.29 is 14.3 Å². The van der Waals surface area contributed by atoms with Crippen LogP contribution in [-0.4, -0.2) is 22.3 Å². The lowest BCUT2D eigenvalue weighted by Gasteiger charge is -2.06. The number of ether oxygens (including phenoxy) is 2. The first-order valence-corrected chi connectivity index (χ1v) is 8.08. The maximum atomic E-state index is 12.6. The topological polar surface area (TPSA) is 73.3 Å². The van der Waals surface area contributed by atoms with E-state index in [9.17, 15) is 4.79 Å². The van der Waals surface area contributed by atoms with E-state index in [4.69, 9.17) is 9.47 Å². The van der Waals surface area contributed by atoms with Crippen LogP contribution in [-0.2, 0) is 0 Å². The molecule has 2 aromatic carbocycles. The van der Waals surface area contributed by atoms with Crippen LogP contribution in [0.15, 0.2) is 42.5 Å². The number of nitrogens with zero attached hydrogens (tertiary/aromatic N) is 2. The number of benzene rings is 2. The summed E-state index contributed by atoms with van der Waals surface area (Å²) < 4.78 is 14.5. The number of anilines is 1. The zero-order valence-electron chi connectivity index (χ0n) is 12.8. The van der Waals surface area contributed by atoms with Crippen molar-refractivity contribution in [2.45, 2.75) is 6.92 Å². The Morgan fingerprint density at radius 3 is 2.75 bits per heavy atom. The number of hydrogen-bond acceptors (Lipinski definition) is 6. The molecular formula is C17H13N3O3S. The normalized spacial score (nSPS) is 12.2. The molecule has 0 radical (unpaired) electrons. The average Bonchev–Trinajstić information content (AvgIpc) is 3.24. The number of fused-ring (bicyclic) bond motifs is 1. The van der Waals surface area contributed by atoms with Gasteiger partial charge in [0.05, 0.1) is 0 Å². The number of nitrogens with one attached hydrogen (secondary N) is 1. The van der Waals surface area contributed by atoms with Crippen LogP contribution >= 0.6 is 11.5 Å². The fourth-order valence-electron chi connectivity index (χ4n) is 2.40. The molecule has 6 nitrogen and oxygen atoms in total. The zero-order valence-corrected chi connectivity index (χ0v) is 13.6. The predicted molar refractivity (Wildman–Crippen MR) is 90.6 cm³/mol. The third-order valence-corrected chi connectivity index (χ3v) is 4.37. The Morgan fingerprint density at radius 2 is 1.92 bits per heavy atom. The van der Waals surface area contributed by atoms with E-state index in [1.54, 1.807) is 18.2 Å². The van der Waals surface area contributed by atoms with E-state index in [-0.39, 0.29) is 12.7 Å². The number of amides is 1. The summed E-state index contributed by atoms with van der Waals surface area (Å²) in [6, 6.07) is 13.1. The van der Waals surface area contributed by atoms with Gasteiger partial charge >= 0.3 is 0 Å². The standard InChI is InChI=1S/C17H13N3O3S/c1-10-2-4-11(5-3-10)15-16(24-20-19-15)17(21)18-12-6-7-13-14(8-12)23-9-22-13/h2-8H,9H2,1H3,(H,18,21). The predicted octanol–water partition coefficient (Wildman–Crippen LogP) is 3.49. The number of aromatic nitrogens is 2. The van der Waals surface area contributed by atoms with Gasteiger partial charge in [0.2, 0.25) is 6.79 Å². The molecule has 1 aromatic heterocycles. The number of aryl methyl sites for hydroxylation is 1. The highest BCUT2D eigenvalue weighted by Gasteiger charge is 2.19. The quantitative estimate of drug-likeness (QED) is 0.791. The summed E-state index contributed by atoms with van der Waals surface area (Å²) in [6.07, 6.45) is 0. The molecule has 0 atom stereocenters. The molecule has 3 aromatic rings. The molecule has 4 rings (SSSR count). The summed E-state index contributed by atoms with van der Waals surface area (Å²) in [5.41, 5.74) is 3.23. The summed E-state index contributed by atoms with van der Waals surface area (Å²) in [5.74, 6) is 1.04.